The molecule has 1 saturated heterocycles. The van der Waals surface area contributed by atoms with E-state index in [1.165, 1.54) is 17.3 Å². The van der Waals surface area contributed by atoms with Gasteiger partial charge in [0.05, 0.1) is 11.5 Å². The highest BCUT2D eigenvalue weighted by molar-refractivity contribution is 7.91. The summed E-state index contributed by atoms with van der Waals surface area (Å²) in [5.74, 6) is -1.89. The van der Waals surface area contributed by atoms with Crippen molar-refractivity contribution in [1.82, 2.24) is 19.7 Å². The first-order valence-electron chi connectivity index (χ1n) is 6.37. The van der Waals surface area contributed by atoms with E-state index in [0.717, 1.165) is 4.90 Å². The average molecular weight is 316 g/mol. The van der Waals surface area contributed by atoms with Crippen molar-refractivity contribution in [1.29, 1.82) is 0 Å². The number of aromatic nitrogens is 3. The van der Waals surface area contributed by atoms with E-state index in [1.807, 2.05) is 0 Å². The van der Waals surface area contributed by atoms with Crippen molar-refractivity contribution in [3.05, 3.63) is 12.7 Å². The summed E-state index contributed by atoms with van der Waals surface area (Å²) >= 11 is 0. The summed E-state index contributed by atoms with van der Waals surface area (Å²) in [6, 6.07) is -1.35. The van der Waals surface area contributed by atoms with Gasteiger partial charge in [-0.25, -0.2) is 18.1 Å². The molecule has 0 aliphatic carbocycles. The lowest BCUT2D eigenvalue weighted by Gasteiger charge is -2.29. The molecule has 0 saturated carbocycles. The molecule has 1 aliphatic rings. The van der Waals surface area contributed by atoms with E-state index < -0.39 is 40.3 Å². The Morgan fingerprint density at radius 3 is 2.71 bits per heavy atom. The average Bonchev–Trinajstić information content (AvgIpc) is 3.03. The van der Waals surface area contributed by atoms with Crippen LogP contribution in [0, 0.1) is 0 Å². The molecule has 21 heavy (non-hydrogen) atoms. The standard InChI is InChI=1S/C11H16N4O5S/c1-8(15-7-12-6-13-15)11(18)14(4-10(16)17)9-2-3-21(19,20)5-9/h6-9H,2-5H2,1H3,(H,16,17). The second kappa shape index (κ2) is 5.80. The Hall–Kier alpha value is -1.97. The Labute approximate surface area is 121 Å². The van der Waals surface area contributed by atoms with Gasteiger partial charge in [-0.15, -0.1) is 0 Å². The van der Waals surface area contributed by atoms with Crippen LogP contribution in [0.15, 0.2) is 12.7 Å². The molecule has 0 radical (unpaired) electrons. The molecular formula is C11H16N4O5S. The number of carboxylic acid groups (broad SMARTS) is 1. The van der Waals surface area contributed by atoms with E-state index in [0.29, 0.717) is 0 Å². The van der Waals surface area contributed by atoms with Gasteiger partial charge in [0.2, 0.25) is 5.91 Å². The largest absolute Gasteiger partial charge is 0.480 e. The summed E-state index contributed by atoms with van der Waals surface area (Å²) in [6.07, 6.45) is 2.88. The zero-order chi connectivity index (χ0) is 15.6. The number of hydrogen-bond acceptors (Lipinski definition) is 6. The van der Waals surface area contributed by atoms with E-state index in [4.69, 9.17) is 5.11 Å². The molecule has 10 heteroatoms. The number of hydrogen-bond donors (Lipinski definition) is 1. The predicted octanol–water partition coefficient (Wildman–Crippen LogP) is -1.06. The van der Waals surface area contributed by atoms with Crippen molar-refractivity contribution >= 4 is 21.7 Å². The van der Waals surface area contributed by atoms with Crippen LogP contribution < -0.4 is 0 Å². The van der Waals surface area contributed by atoms with Gasteiger partial charge >= 0.3 is 5.97 Å². The molecule has 2 atom stereocenters. The summed E-state index contributed by atoms with van der Waals surface area (Å²) < 4.78 is 24.4. The maximum Gasteiger partial charge on any atom is 0.323 e. The first-order chi connectivity index (χ1) is 9.80. The van der Waals surface area contributed by atoms with Gasteiger partial charge in [0.25, 0.3) is 0 Å². The third-order valence-electron chi connectivity index (χ3n) is 3.43. The highest BCUT2D eigenvalue weighted by Crippen LogP contribution is 2.20. The van der Waals surface area contributed by atoms with Crippen LogP contribution in [0.25, 0.3) is 0 Å². The smallest absolute Gasteiger partial charge is 0.323 e. The van der Waals surface area contributed by atoms with Crippen LogP contribution in [-0.4, -0.2) is 69.2 Å². The van der Waals surface area contributed by atoms with Crippen molar-refractivity contribution in [3.63, 3.8) is 0 Å². The molecule has 1 fully saturated rings. The number of carboxylic acids is 1. The van der Waals surface area contributed by atoms with Crippen molar-refractivity contribution < 1.29 is 23.1 Å². The molecule has 0 spiro atoms. The van der Waals surface area contributed by atoms with E-state index in [9.17, 15) is 18.0 Å². The third kappa shape index (κ3) is 3.57. The highest BCUT2D eigenvalue weighted by Gasteiger charge is 2.37. The van der Waals surface area contributed by atoms with Crippen LogP contribution in [0.1, 0.15) is 19.4 Å². The van der Waals surface area contributed by atoms with Crippen molar-refractivity contribution in [2.45, 2.75) is 25.4 Å². The first kappa shape index (κ1) is 15.4. The fourth-order valence-electron chi connectivity index (χ4n) is 2.32. The maximum atomic E-state index is 12.5. The van der Waals surface area contributed by atoms with Crippen LogP contribution in [0.3, 0.4) is 0 Å². The maximum absolute atomic E-state index is 12.5. The fourth-order valence-corrected chi connectivity index (χ4v) is 4.06. The Kier molecular flexibility index (Phi) is 4.26. The quantitative estimate of drug-likeness (QED) is 0.734. The number of carbonyl (C=O) groups is 2. The molecule has 0 bridgehead atoms. The Balaban J connectivity index is 2.20. The van der Waals surface area contributed by atoms with Crippen LogP contribution >= 0.6 is 0 Å². The first-order valence-corrected chi connectivity index (χ1v) is 8.19. The number of nitrogens with zero attached hydrogens (tertiary/aromatic N) is 4. The summed E-state index contributed by atoms with van der Waals surface area (Å²) in [4.78, 5) is 28.3. The number of amides is 1. The number of carbonyl (C=O) groups excluding carboxylic acids is 1. The minimum atomic E-state index is -3.21. The minimum absolute atomic E-state index is 0.0290. The van der Waals surface area contributed by atoms with Crippen LogP contribution in [0.2, 0.25) is 0 Å². The summed E-state index contributed by atoms with van der Waals surface area (Å²) in [6.45, 7) is 1.04. The third-order valence-corrected chi connectivity index (χ3v) is 5.18. The SMILES string of the molecule is CC(C(=O)N(CC(=O)O)C1CCS(=O)(=O)C1)n1cncn1. The molecule has 1 aromatic heterocycles. The molecule has 1 N–H and O–H groups in total. The van der Waals surface area contributed by atoms with Gasteiger partial charge < -0.3 is 10.0 Å². The lowest BCUT2D eigenvalue weighted by molar-refractivity contribution is -0.147. The minimum Gasteiger partial charge on any atom is -0.480 e. The van der Waals surface area contributed by atoms with Crippen molar-refractivity contribution in [3.8, 4) is 0 Å². The van der Waals surface area contributed by atoms with Crippen LogP contribution in [0.5, 0.6) is 0 Å². The lowest BCUT2D eigenvalue weighted by Crippen LogP contribution is -2.46. The second-order valence-corrected chi connectivity index (χ2v) is 7.20. The van der Waals surface area contributed by atoms with Gasteiger partial charge in [0, 0.05) is 6.04 Å². The number of rotatable bonds is 5. The predicted molar refractivity (Wildman–Crippen MR) is 71.1 cm³/mol. The molecule has 2 unspecified atom stereocenters. The molecule has 1 aromatic rings. The number of aliphatic carboxylic acids is 1. The summed E-state index contributed by atoms with van der Waals surface area (Å²) in [5, 5.41) is 12.8. The molecule has 1 amide bonds. The van der Waals surface area contributed by atoms with E-state index in [1.54, 1.807) is 6.92 Å². The van der Waals surface area contributed by atoms with Gasteiger partial charge in [-0.05, 0) is 13.3 Å². The van der Waals surface area contributed by atoms with Crippen molar-refractivity contribution in [2.24, 2.45) is 0 Å². The van der Waals surface area contributed by atoms with Gasteiger partial charge in [0.15, 0.2) is 9.84 Å². The monoisotopic (exact) mass is 316 g/mol. The van der Waals surface area contributed by atoms with Gasteiger partial charge in [0.1, 0.15) is 25.2 Å². The molecule has 2 heterocycles. The second-order valence-electron chi connectivity index (χ2n) is 4.97. The Bertz CT molecular complexity index is 627. The molecule has 116 valence electrons. The molecule has 2 rings (SSSR count). The van der Waals surface area contributed by atoms with Gasteiger partial charge in [-0.2, -0.15) is 5.10 Å². The van der Waals surface area contributed by atoms with E-state index in [-0.39, 0.29) is 17.9 Å². The van der Waals surface area contributed by atoms with Gasteiger partial charge in [-0.1, -0.05) is 0 Å². The summed E-state index contributed by atoms with van der Waals surface area (Å²) in [7, 11) is -3.21. The fraction of sp³-hybridized carbons (Fsp3) is 0.636. The zero-order valence-corrected chi connectivity index (χ0v) is 12.2. The zero-order valence-electron chi connectivity index (χ0n) is 11.4. The highest BCUT2D eigenvalue weighted by atomic mass is 32.2. The number of sulfone groups is 1. The topological polar surface area (TPSA) is 122 Å². The summed E-state index contributed by atoms with van der Waals surface area (Å²) in [5.41, 5.74) is 0. The van der Waals surface area contributed by atoms with Gasteiger partial charge in [-0.3, -0.25) is 9.59 Å². The molecule has 1 aliphatic heterocycles. The Morgan fingerprint density at radius 2 is 2.24 bits per heavy atom. The lowest BCUT2D eigenvalue weighted by atomic mass is 10.2. The molecular weight excluding hydrogens is 300 g/mol. The van der Waals surface area contributed by atoms with Crippen LogP contribution in [-0.2, 0) is 19.4 Å². The van der Waals surface area contributed by atoms with Crippen LogP contribution in [0.4, 0.5) is 0 Å². The van der Waals surface area contributed by atoms with E-state index >= 15 is 0 Å². The van der Waals surface area contributed by atoms with E-state index in [2.05, 4.69) is 10.1 Å². The molecule has 9 nitrogen and oxygen atoms in total. The van der Waals surface area contributed by atoms with Crippen molar-refractivity contribution in [2.75, 3.05) is 18.1 Å². The molecule has 0 aromatic carbocycles. The Morgan fingerprint density at radius 1 is 1.52 bits per heavy atom. The normalized spacial score (nSPS) is 21.9.